The van der Waals surface area contributed by atoms with Gasteiger partial charge in [0.1, 0.15) is 12.4 Å². The zero-order valence-corrected chi connectivity index (χ0v) is 14.4. The highest BCUT2D eigenvalue weighted by Crippen LogP contribution is 2.28. The van der Waals surface area contributed by atoms with Gasteiger partial charge in [-0.25, -0.2) is 0 Å². The molecule has 0 saturated carbocycles. The van der Waals surface area contributed by atoms with Gasteiger partial charge in [-0.05, 0) is 35.3 Å². The molecule has 19 heavy (non-hydrogen) atoms. The number of ether oxygens (including phenoxy) is 1. The molecule has 0 saturated heterocycles. The maximum Gasteiger partial charge on any atom is 0.131 e. The largest absolute Gasteiger partial charge is 0.487 e. The van der Waals surface area contributed by atoms with E-state index in [2.05, 4.69) is 56.0 Å². The Hall–Kier alpha value is -0.810. The van der Waals surface area contributed by atoms with E-state index in [4.69, 9.17) is 4.74 Å². The molecule has 0 fully saturated rings. The van der Waals surface area contributed by atoms with Gasteiger partial charge >= 0.3 is 0 Å². The van der Waals surface area contributed by atoms with E-state index in [1.54, 1.807) is 0 Å². The lowest BCUT2D eigenvalue weighted by Crippen LogP contribution is -2.05. The number of aryl methyl sites for hydroxylation is 3. The number of alkyl halides is 1. The molecule has 0 amide bonds. The summed E-state index contributed by atoms with van der Waals surface area (Å²) in [5.74, 6) is 0.949. The van der Waals surface area contributed by atoms with Crippen LogP contribution < -0.4 is 4.74 Å². The minimum Gasteiger partial charge on any atom is -0.487 e. The van der Waals surface area contributed by atoms with Crippen molar-refractivity contribution in [3.05, 3.63) is 45.2 Å². The smallest absolute Gasteiger partial charge is 0.131 e. The fraction of sp³-hybridized carbons (Fsp3) is 0.357. The Bertz CT molecular complexity index is 593. The van der Waals surface area contributed by atoms with Crippen LogP contribution in [0.4, 0.5) is 0 Å². The lowest BCUT2D eigenvalue weighted by atomic mass is 10.1. The Labute approximate surface area is 130 Å². The summed E-state index contributed by atoms with van der Waals surface area (Å²) in [5.41, 5.74) is 4.33. The molecule has 0 aliphatic heterocycles. The zero-order chi connectivity index (χ0) is 14.0. The molecule has 2 aromatic rings. The first-order valence-electron chi connectivity index (χ1n) is 5.99. The number of aromatic nitrogens is 2. The molecule has 5 heteroatoms. The lowest BCUT2D eigenvalue weighted by Gasteiger charge is -2.13. The summed E-state index contributed by atoms with van der Waals surface area (Å²) in [7, 11) is 1.93. The van der Waals surface area contributed by atoms with Gasteiger partial charge < -0.3 is 4.74 Å². The molecule has 0 radical (unpaired) electrons. The number of hydrogen-bond donors (Lipinski definition) is 0. The van der Waals surface area contributed by atoms with Gasteiger partial charge in [0.15, 0.2) is 0 Å². The van der Waals surface area contributed by atoms with Crippen molar-refractivity contribution in [3.63, 3.8) is 0 Å². The van der Waals surface area contributed by atoms with Crippen LogP contribution in [0.5, 0.6) is 5.75 Å². The van der Waals surface area contributed by atoms with Crippen molar-refractivity contribution in [1.82, 2.24) is 9.78 Å². The summed E-state index contributed by atoms with van der Waals surface area (Å²) in [5, 5.41) is 5.16. The van der Waals surface area contributed by atoms with Crippen LogP contribution in [0.25, 0.3) is 0 Å². The molecule has 1 aromatic heterocycles. The van der Waals surface area contributed by atoms with Crippen LogP contribution in [0.3, 0.4) is 0 Å². The monoisotopic (exact) mass is 386 g/mol. The predicted molar refractivity (Wildman–Crippen MR) is 83.8 cm³/mol. The van der Waals surface area contributed by atoms with Crippen LogP contribution in [0.15, 0.2) is 22.7 Å². The molecule has 0 atom stereocenters. The molecular formula is C14H16Br2N2O. The average molecular weight is 388 g/mol. The third kappa shape index (κ3) is 3.03. The van der Waals surface area contributed by atoms with Crippen molar-refractivity contribution >= 4 is 31.9 Å². The first kappa shape index (κ1) is 14.6. The summed E-state index contributed by atoms with van der Waals surface area (Å²) in [6.07, 6.45) is 0. The number of para-hydroxylation sites is 1. The van der Waals surface area contributed by atoms with Gasteiger partial charge in [0.25, 0.3) is 0 Å². The number of nitrogens with zero attached hydrogens (tertiary/aromatic N) is 2. The van der Waals surface area contributed by atoms with Gasteiger partial charge in [-0.2, -0.15) is 5.10 Å². The lowest BCUT2D eigenvalue weighted by molar-refractivity contribution is 0.290. The molecular weight excluding hydrogens is 372 g/mol. The molecule has 0 N–H and O–H groups in total. The Morgan fingerprint density at radius 2 is 2.05 bits per heavy atom. The van der Waals surface area contributed by atoms with E-state index in [1.807, 2.05) is 24.7 Å². The van der Waals surface area contributed by atoms with Crippen molar-refractivity contribution in [2.45, 2.75) is 25.8 Å². The van der Waals surface area contributed by atoms with Crippen LogP contribution >= 0.6 is 31.9 Å². The number of benzene rings is 1. The van der Waals surface area contributed by atoms with Crippen molar-refractivity contribution in [2.24, 2.45) is 7.05 Å². The number of hydrogen-bond acceptors (Lipinski definition) is 2. The van der Waals surface area contributed by atoms with Gasteiger partial charge in [-0.15, -0.1) is 0 Å². The number of rotatable bonds is 4. The molecule has 1 aromatic carbocycles. The summed E-state index contributed by atoms with van der Waals surface area (Å²) in [6, 6.07) is 6.18. The van der Waals surface area contributed by atoms with Crippen molar-refractivity contribution < 1.29 is 4.74 Å². The highest BCUT2D eigenvalue weighted by molar-refractivity contribution is 9.10. The Balaban J connectivity index is 2.24. The molecule has 0 aliphatic carbocycles. The normalized spacial score (nSPS) is 10.8. The Morgan fingerprint density at radius 1 is 1.32 bits per heavy atom. The van der Waals surface area contributed by atoms with E-state index in [1.165, 1.54) is 0 Å². The second kappa shape index (κ2) is 6.09. The second-order valence-corrected chi connectivity index (χ2v) is 5.81. The van der Waals surface area contributed by atoms with E-state index in [0.29, 0.717) is 6.61 Å². The van der Waals surface area contributed by atoms with Gasteiger partial charge in [0.05, 0.1) is 15.9 Å². The van der Waals surface area contributed by atoms with E-state index >= 15 is 0 Å². The molecule has 102 valence electrons. The summed E-state index contributed by atoms with van der Waals surface area (Å²) in [6.45, 7) is 4.54. The first-order chi connectivity index (χ1) is 9.04. The minimum absolute atomic E-state index is 0.503. The van der Waals surface area contributed by atoms with E-state index in [9.17, 15) is 0 Å². The van der Waals surface area contributed by atoms with Gasteiger partial charge in [-0.1, -0.05) is 34.1 Å². The fourth-order valence-electron chi connectivity index (χ4n) is 2.00. The van der Waals surface area contributed by atoms with Crippen molar-refractivity contribution in [3.8, 4) is 5.75 Å². The zero-order valence-electron chi connectivity index (χ0n) is 11.2. The van der Waals surface area contributed by atoms with Gasteiger partial charge in [-0.3, -0.25) is 4.68 Å². The topological polar surface area (TPSA) is 27.1 Å². The second-order valence-electron chi connectivity index (χ2n) is 4.46. The quantitative estimate of drug-likeness (QED) is 0.732. The van der Waals surface area contributed by atoms with Crippen LogP contribution in [0.2, 0.25) is 0 Å². The van der Waals surface area contributed by atoms with Crippen LogP contribution in [0.1, 0.15) is 22.5 Å². The Morgan fingerprint density at radius 3 is 2.63 bits per heavy atom. The molecule has 0 spiro atoms. The summed E-state index contributed by atoms with van der Waals surface area (Å²) >= 11 is 7.05. The van der Waals surface area contributed by atoms with Crippen molar-refractivity contribution in [1.29, 1.82) is 0 Å². The van der Waals surface area contributed by atoms with Crippen molar-refractivity contribution in [2.75, 3.05) is 0 Å². The number of halogens is 2. The van der Waals surface area contributed by atoms with E-state index in [-0.39, 0.29) is 0 Å². The first-order valence-corrected chi connectivity index (χ1v) is 7.91. The summed E-state index contributed by atoms with van der Waals surface area (Å²) < 4.78 is 8.87. The molecule has 0 unspecified atom stereocenters. The standard InChI is InChI=1S/C14H16Br2N2O/c1-9-5-4-6-11(7-15)14(9)19-8-12-13(16)10(2)17-18(12)3/h4-6H,7-8H2,1-3H3. The maximum atomic E-state index is 6.00. The van der Waals surface area contributed by atoms with Crippen LogP contribution in [-0.4, -0.2) is 9.78 Å². The van der Waals surface area contributed by atoms with E-state index in [0.717, 1.165) is 38.1 Å². The highest BCUT2D eigenvalue weighted by atomic mass is 79.9. The molecule has 0 bridgehead atoms. The average Bonchev–Trinajstić information content (AvgIpc) is 2.62. The molecule has 3 nitrogen and oxygen atoms in total. The van der Waals surface area contributed by atoms with Crippen LogP contribution in [0, 0.1) is 13.8 Å². The summed E-state index contributed by atoms with van der Waals surface area (Å²) in [4.78, 5) is 0. The van der Waals surface area contributed by atoms with Crippen LogP contribution in [-0.2, 0) is 19.0 Å². The Kier molecular flexibility index (Phi) is 4.68. The van der Waals surface area contributed by atoms with E-state index < -0.39 is 0 Å². The predicted octanol–water partition coefficient (Wildman–Crippen LogP) is 4.27. The van der Waals surface area contributed by atoms with Gasteiger partial charge in [0, 0.05) is 17.9 Å². The highest BCUT2D eigenvalue weighted by Gasteiger charge is 2.13. The third-order valence-electron chi connectivity index (χ3n) is 3.05. The molecule has 2 rings (SSSR count). The third-order valence-corrected chi connectivity index (χ3v) is 4.69. The van der Waals surface area contributed by atoms with Gasteiger partial charge in [0.2, 0.25) is 0 Å². The SMILES string of the molecule is Cc1cccc(CBr)c1OCc1c(Br)c(C)nn1C. The molecule has 1 heterocycles. The fourth-order valence-corrected chi connectivity index (χ4v) is 2.89. The maximum absolute atomic E-state index is 6.00. The minimum atomic E-state index is 0.503. The molecule has 0 aliphatic rings.